The van der Waals surface area contributed by atoms with Crippen molar-refractivity contribution in [1.29, 1.82) is 0 Å². The summed E-state index contributed by atoms with van der Waals surface area (Å²) in [5, 5.41) is 5.13. The number of piperazine rings is 1. The number of carbonyl (C=O) groups excluding carboxylic acids is 2. The molecule has 1 fully saturated rings. The normalized spacial score (nSPS) is 14.5. The van der Waals surface area contributed by atoms with E-state index in [1.807, 2.05) is 40.6 Å². The van der Waals surface area contributed by atoms with Crippen LogP contribution in [-0.4, -0.2) is 57.8 Å². The lowest BCUT2D eigenvalue weighted by Crippen LogP contribution is -2.48. The molecule has 4 rings (SSSR count). The lowest BCUT2D eigenvalue weighted by atomic mass is 10.2. The zero-order chi connectivity index (χ0) is 20.8. The van der Waals surface area contributed by atoms with Crippen molar-refractivity contribution in [3.05, 3.63) is 77.1 Å². The van der Waals surface area contributed by atoms with E-state index in [1.54, 1.807) is 24.5 Å². The van der Waals surface area contributed by atoms with Crippen LogP contribution in [-0.2, 0) is 17.8 Å². The quantitative estimate of drug-likeness (QED) is 0.662. The maximum Gasteiger partial charge on any atom is 0.257 e. The summed E-state index contributed by atoms with van der Waals surface area (Å²) in [5.74, 6) is -0.127. The average Bonchev–Trinajstić information content (AvgIpc) is 3.22. The minimum absolute atomic E-state index is 0.0739. The third kappa shape index (κ3) is 5.28. The van der Waals surface area contributed by atoms with Gasteiger partial charge < -0.3 is 4.90 Å². The smallest absolute Gasteiger partial charge is 0.257 e. The van der Waals surface area contributed by atoms with E-state index in [9.17, 15) is 9.59 Å². The van der Waals surface area contributed by atoms with Crippen molar-refractivity contribution in [2.45, 2.75) is 13.0 Å². The van der Waals surface area contributed by atoms with Crippen LogP contribution in [0.2, 0.25) is 0 Å². The maximum absolute atomic E-state index is 12.7. The third-order valence-corrected chi connectivity index (χ3v) is 5.83. The number of aromatic nitrogens is 2. The van der Waals surface area contributed by atoms with Gasteiger partial charge in [-0.3, -0.25) is 24.8 Å². The molecule has 3 heterocycles. The van der Waals surface area contributed by atoms with Crippen LogP contribution in [0.5, 0.6) is 0 Å². The highest BCUT2D eigenvalue weighted by atomic mass is 32.1. The Balaban J connectivity index is 1.25. The molecule has 1 aliphatic rings. The number of anilines is 1. The number of nitrogens with one attached hydrogen (secondary N) is 1. The molecular formula is C22H23N5O2S. The molecule has 1 N–H and O–H groups in total. The average molecular weight is 422 g/mol. The van der Waals surface area contributed by atoms with E-state index in [2.05, 4.69) is 20.2 Å². The number of nitrogens with zero attached hydrogens (tertiary/aromatic N) is 4. The highest BCUT2D eigenvalue weighted by Gasteiger charge is 2.22. The van der Waals surface area contributed by atoms with Gasteiger partial charge in [-0.1, -0.05) is 18.2 Å². The van der Waals surface area contributed by atoms with Crippen LogP contribution in [0, 0.1) is 0 Å². The molecule has 1 saturated heterocycles. The molecule has 2 aromatic heterocycles. The van der Waals surface area contributed by atoms with Crippen molar-refractivity contribution in [2.75, 3.05) is 31.5 Å². The van der Waals surface area contributed by atoms with Gasteiger partial charge >= 0.3 is 0 Å². The fraction of sp³-hybridized carbons (Fsp3) is 0.273. The van der Waals surface area contributed by atoms with Crippen molar-refractivity contribution in [1.82, 2.24) is 19.8 Å². The van der Waals surface area contributed by atoms with Gasteiger partial charge in [0.25, 0.3) is 5.91 Å². The van der Waals surface area contributed by atoms with Crippen molar-refractivity contribution in [2.24, 2.45) is 0 Å². The lowest BCUT2D eigenvalue weighted by Gasteiger charge is -2.34. The maximum atomic E-state index is 12.7. The van der Waals surface area contributed by atoms with E-state index in [4.69, 9.17) is 0 Å². The standard InChI is InChI=1S/C22H23N5O2S/c28-20(27-12-10-26(11-13-27)15-17-6-8-23-9-7-17)14-19-16-30-22(24-19)25-21(29)18-4-2-1-3-5-18/h1-9,16H,10-15H2,(H,24,25,29). The van der Waals surface area contributed by atoms with Crippen LogP contribution < -0.4 is 5.32 Å². The molecule has 3 aromatic rings. The number of pyridine rings is 1. The topological polar surface area (TPSA) is 78.4 Å². The number of rotatable bonds is 6. The first kappa shape index (κ1) is 20.2. The van der Waals surface area contributed by atoms with Gasteiger partial charge in [0.2, 0.25) is 5.91 Å². The van der Waals surface area contributed by atoms with Crippen molar-refractivity contribution < 1.29 is 9.59 Å². The Kier molecular flexibility index (Phi) is 6.46. The zero-order valence-electron chi connectivity index (χ0n) is 16.5. The first-order valence-electron chi connectivity index (χ1n) is 9.87. The molecule has 1 aliphatic heterocycles. The van der Waals surface area contributed by atoms with Crippen molar-refractivity contribution >= 4 is 28.3 Å². The number of benzene rings is 1. The number of carbonyl (C=O) groups is 2. The Morgan fingerprint density at radius 2 is 1.73 bits per heavy atom. The molecule has 0 aliphatic carbocycles. The van der Waals surface area contributed by atoms with Crippen LogP contribution in [0.4, 0.5) is 5.13 Å². The van der Waals surface area contributed by atoms with Crippen LogP contribution in [0.1, 0.15) is 21.6 Å². The van der Waals surface area contributed by atoms with E-state index in [1.165, 1.54) is 16.9 Å². The fourth-order valence-corrected chi connectivity index (χ4v) is 4.08. The molecule has 7 nitrogen and oxygen atoms in total. The van der Waals surface area contributed by atoms with Crippen molar-refractivity contribution in [3.8, 4) is 0 Å². The molecule has 154 valence electrons. The Hall–Kier alpha value is -3.10. The second-order valence-electron chi connectivity index (χ2n) is 7.15. The number of amides is 2. The molecule has 0 spiro atoms. The first-order chi connectivity index (χ1) is 14.7. The number of thiazole rings is 1. The van der Waals surface area contributed by atoms with E-state index >= 15 is 0 Å². The van der Waals surface area contributed by atoms with E-state index in [0.717, 1.165) is 19.6 Å². The van der Waals surface area contributed by atoms with Crippen molar-refractivity contribution in [3.63, 3.8) is 0 Å². The molecule has 0 unspecified atom stereocenters. The van der Waals surface area contributed by atoms with E-state index in [0.29, 0.717) is 29.5 Å². The lowest BCUT2D eigenvalue weighted by molar-refractivity contribution is -0.132. The molecule has 30 heavy (non-hydrogen) atoms. The van der Waals surface area contributed by atoms with Crippen LogP contribution in [0.3, 0.4) is 0 Å². The van der Waals surface area contributed by atoms with Gasteiger partial charge in [0.1, 0.15) is 0 Å². The summed E-state index contributed by atoms with van der Waals surface area (Å²) in [6.45, 7) is 4.01. The van der Waals surface area contributed by atoms with Gasteiger partial charge in [-0.2, -0.15) is 0 Å². The van der Waals surface area contributed by atoms with Gasteiger partial charge in [-0.25, -0.2) is 4.98 Å². The molecule has 0 radical (unpaired) electrons. The predicted molar refractivity (Wildman–Crippen MR) is 116 cm³/mol. The highest BCUT2D eigenvalue weighted by molar-refractivity contribution is 7.14. The Labute approximate surface area is 179 Å². The molecule has 0 saturated carbocycles. The summed E-state index contributed by atoms with van der Waals surface area (Å²) < 4.78 is 0. The summed E-state index contributed by atoms with van der Waals surface area (Å²) in [6, 6.07) is 13.0. The summed E-state index contributed by atoms with van der Waals surface area (Å²) in [5.41, 5.74) is 2.50. The largest absolute Gasteiger partial charge is 0.340 e. The fourth-order valence-electron chi connectivity index (χ4n) is 3.37. The van der Waals surface area contributed by atoms with Crippen LogP contribution in [0.15, 0.2) is 60.2 Å². The SMILES string of the molecule is O=C(Nc1nc(CC(=O)N2CCN(Cc3ccncc3)CC2)cs1)c1ccccc1. The third-order valence-electron chi connectivity index (χ3n) is 5.02. The minimum atomic E-state index is -0.201. The van der Waals surface area contributed by atoms with Gasteiger partial charge in [-0.05, 0) is 29.8 Å². The number of hydrogen-bond acceptors (Lipinski definition) is 6. The summed E-state index contributed by atoms with van der Waals surface area (Å²) in [7, 11) is 0. The van der Waals surface area contributed by atoms with Gasteiger partial charge in [0.05, 0.1) is 12.1 Å². The Morgan fingerprint density at radius 3 is 2.47 bits per heavy atom. The second-order valence-corrected chi connectivity index (χ2v) is 8.01. The number of hydrogen-bond donors (Lipinski definition) is 1. The monoisotopic (exact) mass is 421 g/mol. The zero-order valence-corrected chi connectivity index (χ0v) is 17.3. The molecule has 2 amide bonds. The first-order valence-corrected chi connectivity index (χ1v) is 10.8. The Bertz CT molecular complexity index is 985. The van der Waals surface area contributed by atoms with E-state index in [-0.39, 0.29) is 18.2 Å². The minimum Gasteiger partial charge on any atom is -0.340 e. The Morgan fingerprint density at radius 1 is 1.00 bits per heavy atom. The van der Waals surface area contributed by atoms with Gasteiger partial charge in [-0.15, -0.1) is 11.3 Å². The van der Waals surface area contributed by atoms with E-state index < -0.39 is 0 Å². The molecule has 8 heteroatoms. The summed E-state index contributed by atoms with van der Waals surface area (Å²) >= 11 is 1.34. The van der Waals surface area contributed by atoms with Crippen LogP contribution >= 0.6 is 11.3 Å². The van der Waals surface area contributed by atoms with Gasteiger partial charge in [0.15, 0.2) is 5.13 Å². The molecule has 0 bridgehead atoms. The van der Waals surface area contributed by atoms with Gasteiger partial charge in [0, 0.05) is 56.1 Å². The second kappa shape index (κ2) is 9.60. The highest BCUT2D eigenvalue weighted by Crippen LogP contribution is 2.18. The summed E-state index contributed by atoms with van der Waals surface area (Å²) in [4.78, 5) is 37.6. The predicted octanol–water partition coefficient (Wildman–Crippen LogP) is 2.68. The van der Waals surface area contributed by atoms with Crippen LogP contribution in [0.25, 0.3) is 0 Å². The summed E-state index contributed by atoms with van der Waals surface area (Å²) in [6.07, 6.45) is 3.86. The molecule has 0 atom stereocenters. The molecule has 1 aromatic carbocycles. The molecular weight excluding hydrogens is 398 g/mol.